The van der Waals surface area contributed by atoms with Crippen molar-refractivity contribution in [2.45, 2.75) is 11.6 Å². The lowest BCUT2D eigenvalue weighted by Gasteiger charge is -1.96. The minimum atomic E-state index is -0.303. The van der Waals surface area contributed by atoms with Crippen LogP contribution in [0.5, 0.6) is 0 Å². The molecule has 0 aliphatic carbocycles. The third kappa shape index (κ3) is 2.19. The van der Waals surface area contributed by atoms with E-state index in [4.69, 9.17) is 0 Å². The minimum absolute atomic E-state index is 0.303. The fourth-order valence-electron chi connectivity index (χ4n) is 0.922. The normalized spacial score (nSPS) is 10.0. The monoisotopic (exact) mass is 172 g/mol. The predicted molar refractivity (Wildman–Crippen MR) is 44.4 cm³/mol. The summed E-state index contributed by atoms with van der Waals surface area (Å²) in [5.74, 6) is 0. The van der Waals surface area contributed by atoms with Crippen molar-refractivity contribution in [2.75, 3.05) is 12.9 Å². The molecule has 1 nitrogen and oxygen atoms in total. The van der Waals surface area contributed by atoms with Crippen LogP contribution in [0, 0.1) is 0 Å². The topological polar surface area (TPSA) is 3.88 Å². The van der Waals surface area contributed by atoms with Gasteiger partial charge in [-0.3, -0.25) is 0 Å². The molecule has 0 atom stereocenters. The van der Waals surface area contributed by atoms with Crippen LogP contribution in [0.2, 0.25) is 0 Å². The molecule has 0 spiro atoms. The number of hydrogen-bond donors (Lipinski definition) is 0. The number of aryl methyl sites for hydroxylation is 1. The van der Waals surface area contributed by atoms with Gasteiger partial charge in [-0.2, -0.15) is 4.57 Å². The van der Waals surface area contributed by atoms with E-state index >= 15 is 0 Å². The van der Waals surface area contributed by atoms with Crippen molar-refractivity contribution in [2.24, 2.45) is 0 Å². The summed E-state index contributed by atoms with van der Waals surface area (Å²) in [5.41, 5.74) is 0. The standard InChI is InChI=1S/C8H11FNS/c1-11-8-4-2-3-6-10(8)7-5-9/h2-4,6H,5,7H2,1H3/q+1. The van der Waals surface area contributed by atoms with E-state index < -0.39 is 0 Å². The average molecular weight is 172 g/mol. The number of hydrogen-bond acceptors (Lipinski definition) is 1. The highest BCUT2D eigenvalue weighted by atomic mass is 32.2. The number of rotatable bonds is 3. The molecule has 1 heterocycles. The van der Waals surface area contributed by atoms with E-state index in [0.717, 1.165) is 5.03 Å². The largest absolute Gasteiger partial charge is 0.244 e. The van der Waals surface area contributed by atoms with Crippen LogP contribution in [-0.4, -0.2) is 12.9 Å². The second kappa shape index (κ2) is 4.34. The van der Waals surface area contributed by atoms with Crippen LogP contribution in [0.1, 0.15) is 0 Å². The number of nitrogens with zero attached hydrogens (tertiary/aromatic N) is 1. The van der Waals surface area contributed by atoms with Crippen LogP contribution >= 0.6 is 11.8 Å². The molecule has 0 aliphatic heterocycles. The van der Waals surface area contributed by atoms with Crippen molar-refractivity contribution in [3.63, 3.8) is 0 Å². The summed E-state index contributed by atoms with van der Waals surface area (Å²) in [6, 6.07) is 5.86. The number of pyridine rings is 1. The Hall–Kier alpha value is -0.570. The Bertz CT molecular complexity index is 227. The Morgan fingerprint density at radius 3 is 3.00 bits per heavy atom. The highest BCUT2D eigenvalue weighted by Crippen LogP contribution is 2.06. The van der Waals surface area contributed by atoms with Gasteiger partial charge in [0, 0.05) is 12.1 Å². The Balaban J connectivity index is 2.83. The summed E-state index contributed by atoms with van der Waals surface area (Å²) in [5, 5.41) is 1.10. The van der Waals surface area contributed by atoms with E-state index in [1.165, 1.54) is 0 Å². The predicted octanol–water partition coefficient (Wildman–Crippen LogP) is 1.67. The van der Waals surface area contributed by atoms with Crippen molar-refractivity contribution in [3.05, 3.63) is 24.4 Å². The van der Waals surface area contributed by atoms with Crippen LogP contribution in [-0.2, 0) is 6.54 Å². The van der Waals surface area contributed by atoms with Crippen molar-refractivity contribution in [3.8, 4) is 0 Å². The molecule has 11 heavy (non-hydrogen) atoms. The second-order valence-electron chi connectivity index (χ2n) is 2.13. The van der Waals surface area contributed by atoms with Gasteiger partial charge in [-0.05, 0) is 12.3 Å². The Kier molecular flexibility index (Phi) is 3.36. The smallest absolute Gasteiger partial charge is 0.239 e. The molecule has 0 bridgehead atoms. The van der Waals surface area contributed by atoms with Crippen LogP contribution in [0.3, 0.4) is 0 Å². The zero-order valence-electron chi connectivity index (χ0n) is 6.46. The lowest BCUT2D eigenvalue weighted by Crippen LogP contribution is -2.36. The third-order valence-corrected chi connectivity index (χ3v) is 2.22. The number of halogens is 1. The lowest BCUT2D eigenvalue weighted by atomic mass is 10.5. The Morgan fingerprint density at radius 2 is 2.36 bits per heavy atom. The molecule has 0 N–H and O–H groups in total. The summed E-state index contributed by atoms with van der Waals surface area (Å²) >= 11 is 1.63. The molecule has 0 radical (unpaired) electrons. The maximum absolute atomic E-state index is 12.0. The van der Waals surface area contributed by atoms with E-state index in [1.54, 1.807) is 11.8 Å². The lowest BCUT2D eigenvalue weighted by molar-refractivity contribution is -0.732. The molecule has 0 fully saturated rings. The summed E-state index contributed by atoms with van der Waals surface area (Å²) in [6.07, 6.45) is 3.88. The molecule has 1 aromatic rings. The van der Waals surface area contributed by atoms with Gasteiger partial charge < -0.3 is 0 Å². The average Bonchev–Trinajstić information content (AvgIpc) is 2.06. The van der Waals surface area contributed by atoms with E-state index in [9.17, 15) is 4.39 Å². The zero-order valence-corrected chi connectivity index (χ0v) is 7.27. The first kappa shape index (κ1) is 8.53. The summed E-state index contributed by atoms with van der Waals surface area (Å²) in [7, 11) is 0. The first-order valence-electron chi connectivity index (χ1n) is 3.47. The molecule has 1 aromatic heterocycles. The number of alkyl halides is 1. The van der Waals surface area contributed by atoms with Crippen molar-refractivity contribution < 1.29 is 8.96 Å². The second-order valence-corrected chi connectivity index (χ2v) is 2.95. The van der Waals surface area contributed by atoms with Gasteiger partial charge in [-0.25, -0.2) is 4.39 Å². The van der Waals surface area contributed by atoms with Gasteiger partial charge in [0.2, 0.25) is 5.03 Å². The van der Waals surface area contributed by atoms with Gasteiger partial charge in [-0.15, -0.1) is 0 Å². The molecule has 3 heteroatoms. The first-order chi connectivity index (χ1) is 5.38. The third-order valence-electron chi connectivity index (χ3n) is 1.43. The highest BCUT2D eigenvalue weighted by Gasteiger charge is 2.05. The Labute approximate surface area is 70.2 Å². The molecule has 0 saturated heterocycles. The quantitative estimate of drug-likeness (QED) is 0.495. The SMILES string of the molecule is CSc1cccc[n+]1CCF. The van der Waals surface area contributed by atoms with Gasteiger partial charge in [0.15, 0.2) is 12.7 Å². The van der Waals surface area contributed by atoms with Crippen LogP contribution < -0.4 is 4.57 Å². The maximum Gasteiger partial charge on any atom is 0.239 e. The van der Waals surface area contributed by atoms with Crippen LogP contribution in [0.4, 0.5) is 4.39 Å². The van der Waals surface area contributed by atoms with Gasteiger partial charge in [-0.1, -0.05) is 11.8 Å². The molecule has 60 valence electrons. The molecule has 0 unspecified atom stereocenters. The van der Waals surface area contributed by atoms with Gasteiger partial charge in [0.05, 0.1) is 0 Å². The van der Waals surface area contributed by atoms with E-state index in [1.807, 2.05) is 35.2 Å². The van der Waals surface area contributed by atoms with Crippen molar-refractivity contribution >= 4 is 11.8 Å². The summed E-state index contributed by atoms with van der Waals surface area (Å²) < 4.78 is 13.9. The van der Waals surface area contributed by atoms with E-state index in [2.05, 4.69) is 0 Å². The fourth-order valence-corrected chi connectivity index (χ4v) is 1.52. The molecular weight excluding hydrogens is 161 g/mol. The molecule has 0 saturated carbocycles. The fraction of sp³-hybridized carbons (Fsp3) is 0.375. The van der Waals surface area contributed by atoms with E-state index in [-0.39, 0.29) is 6.67 Å². The van der Waals surface area contributed by atoms with Gasteiger partial charge in [0.1, 0.15) is 6.67 Å². The van der Waals surface area contributed by atoms with Gasteiger partial charge in [0.25, 0.3) is 0 Å². The van der Waals surface area contributed by atoms with Crippen molar-refractivity contribution in [1.82, 2.24) is 0 Å². The minimum Gasteiger partial charge on any atom is -0.244 e. The highest BCUT2D eigenvalue weighted by molar-refractivity contribution is 7.98. The maximum atomic E-state index is 12.0. The van der Waals surface area contributed by atoms with Crippen LogP contribution in [0.25, 0.3) is 0 Å². The first-order valence-corrected chi connectivity index (χ1v) is 4.69. The number of aromatic nitrogens is 1. The summed E-state index contributed by atoms with van der Waals surface area (Å²) in [6.45, 7) is 0.152. The van der Waals surface area contributed by atoms with E-state index in [0.29, 0.717) is 6.54 Å². The van der Waals surface area contributed by atoms with Crippen LogP contribution in [0.15, 0.2) is 29.4 Å². The molecule has 0 aliphatic rings. The molecule has 1 rings (SSSR count). The number of thioether (sulfide) groups is 1. The van der Waals surface area contributed by atoms with Crippen molar-refractivity contribution in [1.29, 1.82) is 0 Å². The molecular formula is C8H11FNS+. The Morgan fingerprint density at radius 1 is 1.55 bits per heavy atom. The zero-order chi connectivity index (χ0) is 8.10. The van der Waals surface area contributed by atoms with Gasteiger partial charge >= 0.3 is 0 Å². The molecule has 0 aromatic carbocycles. The molecule has 0 amide bonds. The summed E-state index contributed by atoms with van der Waals surface area (Å²) in [4.78, 5) is 0.